The van der Waals surface area contributed by atoms with Crippen LogP contribution < -0.4 is 10.6 Å². The number of nitrogens with zero attached hydrogens (tertiary/aromatic N) is 3. The normalized spacial score (nSPS) is 10.5. The van der Waals surface area contributed by atoms with Gasteiger partial charge in [-0.3, -0.25) is 9.59 Å². The van der Waals surface area contributed by atoms with Crippen LogP contribution in [0.5, 0.6) is 0 Å². The van der Waals surface area contributed by atoms with Crippen LogP contribution in [0.1, 0.15) is 43.5 Å². The van der Waals surface area contributed by atoms with E-state index in [9.17, 15) is 9.59 Å². The van der Waals surface area contributed by atoms with E-state index in [0.717, 1.165) is 31.0 Å². The molecular weight excluding hydrogens is 350 g/mol. The first-order valence-corrected chi connectivity index (χ1v) is 9.81. The zero-order chi connectivity index (χ0) is 18.8. The van der Waals surface area contributed by atoms with E-state index in [1.807, 2.05) is 11.5 Å². The van der Waals surface area contributed by atoms with E-state index in [4.69, 9.17) is 0 Å². The topological polar surface area (TPSA) is 88.9 Å². The molecule has 2 amide bonds. The van der Waals surface area contributed by atoms with Crippen molar-refractivity contribution in [2.75, 3.05) is 17.6 Å². The fourth-order valence-electron chi connectivity index (χ4n) is 2.37. The van der Waals surface area contributed by atoms with Gasteiger partial charge in [0, 0.05) is 24.3 Å². The van der Waals surface area contributed by atoms with Crippen LogP contribution in [0, 0.1) is 0 Å². The summed E-state index contributed by atoms with van der Waals surface area (Å²) in [6.07, 6.45) is 5.08. The van der Waals surface area contributed by atoms with E-state index < -0.39 is 0 Å². The van der Waals surface area contributed by atoms with Crippen LogP contribution in [-0.2, 0) is 11.3 Å². The average molecular weight is 375 g/mol. The Morgan fingerprint density at radius 1 is 1.23 bits per heavy atom. The molecule has 0 fully saturated rings. The Kier molecular flexibility index (Phi) is 8.14. The highest BCUT2D eigenvalue weighted by atomic mass is 32.2. The van der Waals surface area contributed by atoms with Gasteiger partial charge in [-0.2, -0.15) is 0 Å². The number of anilines is 1. The van der Waals surface area contributed by atoms with Crippen molar-refractivity contribution in [3.63, 3.8) is 0 Å². The van der Waals surface area contributed by atoms with Crippen molar-refractivity contribution in [1.82, 2.24) is 20.1 Å². The van der Waals surface area contributed by atoms with E-state index in [1.54, 1.807) is 30.6 Å². The number of carbonyl (C=O) groups excluding carboxylic acids is 2. The molecule has 1 aromatic heterocycles. The number of amides is 2. The lowest BCUT2D eigenvalue weighted by atomic mass is 10.2. The van der Waals surface area contributed by atoms with Crippen LogP contribution in [0.2, 0.25) is 0 Å². The van der Waals surface area contributed by atoms with Gasteiger partial charge in [-0.1, -0.05) is 37.6 Å². The summed E-state index contributed by atoms with van der Waals surface area (Å²) in [7, 11) is 0. The molecule has 0 bridgehead atoms. The van der Waals surface area contributed by atoms with Crippen LogP contribution in [0.3, 0.4) is 0 Å². The van der Waals surface area contributed by atoms with E-state index in [0.29, 0.717) is 17.8 Å². The number of unbranched alkanes of at least 4 members (excludes halogenated alkanes) is 2. The Labute approximate surface area is 158 Å². The lowest BCUT2D eigenvalue weighted by Gasteiger charge is -2.08. The average Bonchev–Trinajstić information content (AvgIpc) is 3.08. The zero-order valence-electron chi connectivity index (χ0n) is 15.2. The molecule has 26 heavy (non-hydrogen) atoms. The lowest BCUT2D eigenvalue weighted by Crippen LogP contribution is -2.23. The van der Waals surface area contributed by atoms with E-state index in [2.05, 4.69) is 27.8 Å². The third-order valence-corrected chi connectivity index (χ3v) is 4.64. The number of benzene rings is 1. The summed E-state index contributed by atoms with van der Waals surface area (Å²) in [5.74, 6) is -0.0676. The van der Waals surface area contributed by atoms with Gasteiger partial charge in [-0.15, -0.1) is 10.2 Å². The van der Waals surface area contributed by atoms with Gasteiger partial charge in [0.1, 0.15) is 6.33 Å². The Balaban J connectivity index is 1.87. The first-order chi connectivity index (χ1) is 12.6. The lowest BCUT2D eigenvalue weighted by molar-refractivity contribution is -0.113. The maximum Gasteiger partial charge on any atom is 0.251 e. The van der Waals surface area contributed by atoms with Gasteiger partial charge in [0.15, 0.2) is 5.16 Å². The summed E-state index contributed by atoms with van der Waals surface area (Å²) in [5.41, 5.74) is 1.12. The van der Waals surface area contributed by atoms with E-state index >= 15 is 0 Å². The van der Waals surface area contributed by atoms with Crippen molar-refractivity contribution >= 4 is 29.3 Å². The largest absolute Gasteiger partial charge is 0.352 e. The molecule has 0 atom stereocenters. The molecule has 0 aliphatic heterocycles. The molecule has 1 aromatic carbocycles. The number of carbonyl (C=O) groups is 2. The Hall–Kier alpha value is -2.35. The summed E-state index contributed by atoms with van der Waals surface area (Å²) in [6.45, 7) is 5.44. The third kappa shape index (κ3) is 6.18. The fraction of sp³-hybridized carbons (Fsp3) is 0.444. The number of nitrogens with one attached hydrogen (secondary N) is 2. The summed E-state index contributed by atoms with van der Waals surface area (Å²) >= 11 is 1.36. The minimum atomic E-state index is -0.154. The number of aromatic nitrogens is 3. The molecule has 8 heteroatoms. The highest BCUT2D eigenvalue weighted by Crippen LogP contribution is 2.17. The van der Waals surface area contributed by atoms with Crippen LogP contribution in [0.25, 0.3) is 0 Å². The Bertz CT molecular complexity index is 732. The number of hydrogen-bond acceptors (Lipinski definition) is 5. The van der Waals surface area contributed by atoms with Crippen molar-refractivity contribution in [2.45, 2.75) is 44.8 Å². The van der Waals surface area contributed by atoms with Crippen molar-refractivity contribution in [3.8, 4) is 0 Å². The highest BCUT2D eigenvalue weighted by Gasteiger charge is 2.10. The van der Waals surface area contributed by atoms with Gasteiger partial charge >= 0.3 is 0 Å². The van der Waals surface area contributed by atoms with Crippen molar-refractivity contribution in [3.05, 3.63) is 36.2 Å². The van der Waals surface area contributed by atoms with Gasteiger partial charge < -0.3 is 15.2 Å². The van der Waals surface area contributed by atoms with Gasteiger partial charge in [0.2, 0.25) is 5.91 Å². The first-order valence-electron chi connectivity index (χ1n) is 8.82. The van der Waals surface area contributed by atoms with Crippen LogP contribution in [0.15, 0.2) is 35.7 Å². The fourth-order valence-corrected chi connectivity index (χ4v) is 3.11. The van der Waals surface area contributed by atoms with E-state index in [-0.39, 0.29) is 17.6 Å². The molecule has 0 unspecified atom stereocenters. The van der Waals surface area contributed by atoms with Crippen LogP contribution in [-0.4, -0.2) is 38.9 Å². The molecule has 2 rings (SSSR count). The summed E-state index contributed by atoms with van der Waals surface area (Å²) in [4.78, 5) is 24.1. The molecule has 0 saturated heterocycles. The van der Waals surface area contributed by atoms with E-state index in [1.165, 1.54) is 11.8 Å². The van der Waals surface area contributed by atoms with Gasteiger partial charge in [0.25, 0.3) is 5.91 Å². The maximum atomic E-state index is 12.2. The number of hydrogen-bond donors (Lipinski definition) is 2. The second kappa shape index (κ2) is 10.6. The summed E-state index contributed by atoms with van der Waals surface area (Å²) in [5, 5.41) is 14.3. The predicted octanol–water partition coefficient (Wildman–Crippen LogP) is 2.95. The second-order valence-electron chi connectivity index (χ2n) is 5.79. The van der Waals surface area contributed by atoms with Crippen molar-refractivity contribution < 1.29 is 9.59 Å². The standard InChI is InChI=1S/C18H25N5O2S/c1-3-5-6-10-23-13-20-22-18(23)26-12-16(24)21-15-9-7-8-14(11-15)17(25)19-4-2/h7-9,11,13H,3-6,10,12H2,1-2H3,(H,19,25)(H,21,24). The van der Waals surface area contributed by atoms with Gasteiger partial charge in [0.05, 0.1) is 5.75 Å². The zero-order valence-corrected chi connectivity index (χ0v) is 16.0. The smallest absolute Gasteiger partial charge is 0.251 e. The minimum Gasteiger partial charge on any atom is -0.352 e. The quantitative estimate of drug-likeness (QED) is 0.492. The number of rotatable bonds is 10. The Morgan fingerprint density at radius 2 is 2.08 bits per heavy atom. The molecule has 7 nitrogen and oxygen atoms in total. The molecule has 0 radical (unpaired) electrons. The molecular formula is C18H25N5O2S. The molecule has 1 heterocycles. The van der Waals surface area contributed by atoms with Gasteiger partial charge in [-0.25, -0.2) is 0 Å². The van der Waals surface area contributed by atoms with Crippen LogP contribution >= 0.6 is 11.8 Å². The number of aryl methyl sites for hydroxylation is 1. The highest BCUT2D eigenvalue weighted by molar-refractivity contribution is 7.99. The summed E-state index contributed by atoms with van der Waals surface area (Å²) in [6, 6.07) is 6.89. The first kappa shape index (κ1) is 20.0. The molecule has 2 aromatic rings. The van der Waals surface area contributed by atoms with Gasteiger partial charge in [-0.05, 0) is 31.5 Å². The third-order valence-electron chi connectivity index (χ3n) is 3.66. The van der Waals surface area contributed by atoms with Crippen molar-refractivity contribution in [2.24, 2.45) is 0 Å². The Morgan fingerprint density at radius 3 is 2.85 bits per heavy atom. The second-order valence-corrected chi connectivity index (χ2v) is 6.73. The minimum absolute atomic E-state index is 0.147. The summed E-state index contributed by atoms with van der Waals surface area (Å²) < 4.78 is 1.98. The molecule has 0 saturated carbocycles. The maximum absolute atomic E-state index is 12.2. The predicted molar refractivity (Wildman–Crippen MR) is 103 cm³/mol. The molecule has 0 aliphatic rings. The van der Waals surface area contributed by atoms with Crippen LogP contribution in [0.4, 0.5) is 5.69 Å². The SMILES string of the molecule is CCCCCn1cnnc1SCC(=O)Nc1cccc(C(=O)NCC)c1. The monoisotopic (exact) mass is 375 g/mol. The number of thioether (sulfide) groups is 1. The van der Waals surface area contributed by atoms with Crippen molar-refractivity contribution in [1.29, 1.82) is 0 Å². The molecule has 140 valence electrons. The molecule has 0 spiro atoms. The molecule has 0 aliphatic carbocycles. The molecule has 2 N–H and O–H groups in total.